The summed E-state index contributed by atoms with van der Waals surface area (Å²) in [5.41, 5.74) is 8.67. The standard InChI is InChI=1S/C16H22N2O2/c1-10-6-7-11(2)12(8-10)9-15(19)18-14-5-3-4-13(14)16(17)20/h6-8,13-14H,3-5,9H2,1-2H3,(H2,17,20)(H,18,19)/t13-,14-/m1/s1. The van der Waals surface area contributed by atoms with Gasteiger partial charge in [0.25, 0.3) is 0 Å². The van der Waals surface area contributed by atoms with E-state index in [1.165, 1.54) is 0 Å². The maximum absolute atomic E-state index is 12.1. The molecule has 2 rings (SSSR count). The van der Waals surface area contributed by atoms with Crippen LogP contribution in [0, 0.1) is 19.8 Å². The van der Waals surface area contributed by atoms with Gasteiger partial charge in [-0.25, -0.2) is 0 Å². The Kier molecular flexibility index (Phi) is 4.42. The number of hydrogen-bond acceptors (Lipinski definition) is 2. The number of carbonyl (C=O) groups is 2. The zero-order valence-electron chi connectivity index (χ0n) is 12.1. The minimum absolute atomic E-state index is 0.0307. The maximum Gasteiger partial charge on any atom is 0.224 e. The van der Waals surface area contributed by atoms with Crippen molar-refractivity contribution in [1.29, 1.82) is 0 Å². The van der Waals surface area contributed by atoms with E-state index in [-0.39, 0.29) is 23.8 Å². The van der Waals surface area contributed by atoms with Crippen LogP contribution in [0.2, 0.25) is 0 Å². The van der Waals surface area contributed by atoms with E-state index in [2.05, 4.69) is 5.32 Å². The lowest BCUT2D eigenvalue weighted by Crippen LogP contribution is -2.42. The molecular formula is C16H22N2O2. The lowest BCUT2D eigenvalue weighted by molar-refractivity contribution is -0.124. The minimum Gasteiger partial charge on any atom is -0.369 e. The lowest BCUT2D eigenvalue weighted by atomic mass is 10.0. The molecule has 1 aliphatic carbocycles. The van der Waals surface area contributed by atoms with Crippen LogP contribution >= 0.6 is 0 Å². The molecule has 1 saturated carbocycles. The fourth-order valence-electron chi connectivity index (χ4n) is 2.89. The van der Waals surface area contributed by atoms with Crippen LogP contribution in [-0.2, 0) is 16.0 Å². The summed E-state index contributed by atoms with van der Waals surface area (Å²) < 4.78 is 0. The van der Waals surface area contributed by atoms with E-state index >= 15 is 0 Å². The largest absolute Gasteiger partial charge is 0.369 e. The summed E-state index contributed by atoms with van der Waals surface area (Å²) in [4.78, 5) is 23.5. The molecule has 3 N–H and O–H groups in total. The number of rotatable bonds is 4. The van der Waals surface area contributed by atoms with Crippen molar-refractivity contribution >= 4 is 11.8 Å². The van der Waals surface area contributed by atoms with E-state index in [9.17, 15) is 9.59 Å². The molecule has 0 aromatic heterocycles. The van der Waals surface area contributed by atoms with Gasteiger partial charge in [-0.15, -0.1) is 0 Å². The highest BCUT2D eigenvalue weighted by molar-refractivity contribution is 5.82. The molecule has 0 radical (unpaired) electrons. The first-order valence-electron chi connectivity index (χ1n) is 7.12. The summed E-state index contributed by atoms with van der Waals surface area (Å²) in [6.07, 6.45) is 2.92. The van der Waals surface area contributed by atoms with Crippen molar-refractivity contribution in [3.05, 3.63) is 34.9 Å². The van der Waals surface area contributed by atoms with Crippen LogP contribution < -0.4 is 11.1 Å². The minimum atomic E-state index is -0.306. The molecule has 0 spiro atoms. The van der Waals surface area contributed by atoms with Crippen molar-refractivity contribution in [2.45, 2.75) is 45.6 Å². The number of nitrogens with two attached hydrogens (primary N) is 1. The van der Waals surface area contributed by atoms with Gasteiger partial charge >= 0.3 is 0 Å². The van der Waals surface area contributed by atoms with Crippen molar-refractivity contribution in [2.75, 3.05) is 0 Å². The predicted octanol–water partition coefficient (Wildman–Crippen LogP) is 1.62. The lowest BCUT2D eigenvalue weighted by Gasteiger charge is -2.18. The summed E-state index contributed by atoms with van der Waals surface area (Å²) in [6.45, 7) is 4.02. The van der Waals surface area contributed by atoms with Crippen molar-refractivity contribution in [1.82, 2.24) is 5.32 Å². The quantitative estimate of drug-likeness (QED) is 0.875. The van der Waals surface area contributed by atoms with Crippen LogP contribution in [-0.4, -0.2) is 17.9 Å². The number of benzene rings is 1. The van der Waals surface area contributed by atoms with Gasteiger partial charge in [-0.05, 0) is 37.8 Å². The van der Waals surface area contributed by atoms with E-state index in [4.69, 9.17) is 5.73 Å². The molecule has 1 aromatic carbocycles. The summed E-state index contributed by atoms with van der Waals surface area (Å²) in [5, 5.41) is 2.97. The molecule has 0 heterocycles. The molecule has 0 unspecified atom stereocenters. The first kappa shape index (κ1) is 14.6. The second-order valence-electron chi connectivity index (χ2n) is 5.72. The van der Waals surface area contributed by atoms with Gasteiger partial charge in [0.1, 0.15) is 0 Å². The molecule has 1 aromatic rings. The predicted molar refractivity (Wildman–Crippen MR) is 78.1 cm³/mol. The third kappa shape index (κ3) is 3.38. The van der Waals surface area contributed by atoms with Gasteiger partial charge in [0, 0.05) is 6.04 Å². The van der Waals surface area contributed by atoms with Gasteiger partial charge in [-0.3, -0.25) is 9.59 Å². The zero-order valence-corrected chi connectivity index (χ0v) is 12.1. The Bertz CT molecular complexity index is 525. The fourth-order valence-corrected chi connectivity index (χ4v) is 2.89. The molecule has 4 nitrogen and oxygen atoms in total. The molecule has 20 heavy (non-hydrogen) atoms. The number of primary amides is 1. The van der Waals surface area contributed by atoms with Gasteiger partial charge in [-0.1, -0.05) is 30.2 Å². The van der Waals surface area contributed by atoms with Crippen molar-refractivity contribution in [3.8, 4) is 0 Å². The van der Waals surface area contributed by atoms with Gasteiger partial charge in [0.2, 0.25) is 11.8 Å². The van der Waals surface area contributed by atoms with Crippen LogP contribution in [0.4, 0.5) is 0 Å². The molecule has 1 fully saturated rings. The second kappa shape index (κ2) is 6.07. The monoisotopic (exact) mass is 274 g/mol. The molecule has 2 amide bonds. The van der Waals surface area contributed by atoms with E-state index in [1.54, 1.807) is 0 Å². The second-order valence-corrected chi connectivity index (χ2v) is 5.72. The summed E-state index contributed by atoms with van der Waals surface area (Å²) >= 11 is 0. The van der Waals surface area contributed by atoms with Gasteiger partial charge < -0.3 is 11.1 Å². The number of amides is 2. The highest BCUT2D eigenvalue weighted by atomic mass is 16.2. The number of aryl methyl sites for hydroxylation is 2. The Morgan fingerprint density at radius 2 is 2.05 bits per heavy atom. The van der Waals surface area contributed by atoms with Crippen LogP contribution in [0.1, 0.15) is 36.0 Å². The van der Waals surface area contributed by atoms with E-state index in [0.29, 0.717) is 6.42 Å². The van der Waals surface area contributed by atoms with E-state index in [0.717, 1.165) is 36.0 Å². The SMILES string of the molecule is Cc1ccc(C)c(CC(=O)N[C@@H]2CCC[C@H]2C(N)=O)c1. The molecule has 4 heteroatoms. The van der Waals surface area contributed by atoms with Crippen LogP contribution in [0.5, 0.6) is 0 Å². The molecule has 0 saturated heterocycles. The first-order chi connectivity index (χ1) is 9.47. The number of carbonyl (C=O) groups excluding carboxylic acids is 2. The smallest absolute Gasteiger partial charge is 0.224 e. The average molecular weight is 274 g/mol. The fraction of sp³-hybridized carbons (Fsp3) is 0.500. The Hall–Kier alpha value is -1.84. The Morgan fingerprint density at radius 1 is 1.30 bits per heavy atom. The third-order valence-corrected chi connectivity index (χ3v) is 4.08. The highest BCUT2D eigenvalue weighted by Gasteiger charge is 2.32. The summed E-state index contributed by atoms with van der Waals surface area (Å²) in [5.74, 6) is -0.547. The summed E-state index contributed by atoms with van der Waals surface area (Å²) in [7, 11) is 0. The normalized spacial score (nSPS) is 21.7. The van der Waals surface area contributed by atoms with Crippen molar-refractivity contribution in [2.24, 2.45) is 11.7 Å². The zero-order chi connectivity index (χ0) is 14.7. The molecule has 0 aliphatic heterocycles. The van der Waals surface area contributed by atoms with Crippen LogP contribution in [0.3, 0.4) is 0 Å². The number of hydrogen-bond donors (Lipinski definition) is 2. The Labute approximate surface area is 119 Å². The molecule has 108 valence electrons. The Balaban J connectivity index is 1.99. The van der Waals surface area contributed by atoms with E-state index in [1.807, 2.05) is 32.0 Å². The number of nitrogens with one attached hydrogen (secondary N) is 1. The van der Waals surface area contributed by atoms with Gasteiger partial charge in [0.05, 0.1) is 12.3 Å². The molecule has 2 atom stereocenters. The third-order valence-electron chi connectivity index (χ3n) is 4.08. The average Bonchev–Trinajstić information content (AvgIpc) is 2.82. The molecular weight excluding hydrogens is 252 g/mol. The maximum atomic E-state index is 12.1. The first-order valence-corrected chi connectivity index (χ1v) is 7.12. The highest BCUT2D eigenvalue weighted by Crippen LogP contribution is 2.25. The van der Waals surface area contributed by atoms with E-state index < -0.39 is 0 Å². The molecule has 0 bridgehead atoms. The van der Waals surface area contributed by atoms with Gasteiger partial charge in [-0.2, -0.15) is 0 Å². The van der Waals surface area contributed by atoms with Gasteiger partial charge in [0.15, 0.2) is 0 Å². The van der Waals surface area contributed by atoms with Crippen molar-refractivity contribution < 1.29 is 9.59 Å². The topological polar surface area (TPSA) is 72.2 Å². The van der Waals surface area contributed by atoms with Crippen molar-refractivity contribution in [3.63, 3.8) is 0 Å². The molecule has 1 aliphatic rings. The summed E-state index contributed by atoms with van der Waals surface area (Å²) in [6, 6.07) is 6.01. The van der Waals surface area contributed by atoms with Crippen LogP contribution in [0.25, 0.3) is 0 Å². The van der Waals surface area contributed by atoms with Crippen LogP contribution in [0.15, 0.2) is 18.2 Å². The Morgan fingerprint density at radius 3 is 2.75 bits per heavy atom.